The second-order valence-electron chi connectivity index (χ2n) is 19.7. The van der Waals surface area contributed by atoms with E-state index in [1.807, 2.05) is 36.5 Å². The minimum Gasteiger partial charge on any atom is -0.481 e. The number of aliphatic carboxylic acids is 2. The Morgan fingerprint density at radius 3 is 1.29 bits per heavy atom. The van der Waals surface area contributed by atoms with Crippen molar-refractivity contribution in [2.24, 2.45) is 35.5 Å². The standard InChI is InChI=1S/C36H54N2O6.C23H30O6.C6H11N/c1-6-23-37(24-7-2)35(43)31(28-33(39)40)22-20-18-16-14-12-11-13-15-17-19-21-30(10-5)27-32(29-34(41)42)36(44)38(25-8-3)26-9-4;1-2-17(14-19-16-21(25)29-23(19)27)12-10-8-6-4-3-5-7-9-11-13-18-15-20(24)28-22(18)26;1-3-5-7-6-4-2/h6-10,13,15-16,18,30-32H,1-5,11-12,14,17,19-29H2,(H,39,40)(H,41,42);2,4,6,9,11,17-19H,1,3,5,7-8,10,12-16H2;3-4,7H,1-2,5-6H2/b15-13-,18-16+;6-4-,11-9+;. The monoisotopic (exact) mass is 1110 g/mol. The molecule has 0 aliphatic carbocycles. The quantitative estimate of drug-likeness (QED) is 0.0224. The van der Waals surface area contributed by atoms with Crippen LogP contribution in [0.5, 0.6) is 0 Å². The first kappa shape index (κ1) is 73.0. The average molecular weight is 1110 g/mol. The lowest BCUT2D eigenvalue weighted by molar-refractivity contribution is -0.154. The molecule has 0 aromatic heterocycles. The Balaban J connectivity index is 0.00000147. The highest BCUT2D eigenvalue weighted by molar-refractivity contribution is 5.95. The lowest BCUT2D eigenvalue weighted by atomic mass is 9.87. The van der Waals surface area contributed by atoms with Gasteiger partial charge in [0.05, 0.1) is 37.5 Å². The number of carbonyl (C=O) groups excluding carboxylic acids is 6. The predicted molar refractivity (Wildman–Crippen MR) is 320 cm³/mol. The van der Waals surface area contributed by atoms with Gasteiger partial charge in [0, 0.05) is 51.1 Å². The summed E-state index contributed by atoms with van der Waals surface area (Å²) in [7, 11) is 0. The molecule has 15 heteroatoms. The Kier molecular flexibility index (Phi) is 43.8. The number of carboxylic acid groups (broad SMARTS) is 2. The topological polar surface area (TPSA) is 214 Å². The van der Waals surface area contributed by atoms with Crippen LogP contribution in [0.4, 0.5) is 0 Å². The fourth-order valence-corrected chi connectivity index (χ4v) is 8.83. The van der Waals surface area contributed by atoms with E-state index in [0.29, 0.717) is 58.3 Å². The molecule has 2 aliphatic rings. The van der Waals surface area contributed by atoms with Gasteiger partial charge in [0.2, 0.25) is 11.8 Å². The number of carboxylic acids is 2. The van der Waals surface area contributed by atoms with Gasteiger partial charge < -0.3 is 34.8 Å². The van der Waals surface area contributed by atoms with E-state index < -0.39 is 47.7 Å². The summed E-state index contributed by atoms with van der Waals surface area (Å²) in [6.45, 7) is 32.7. The van der Waals surface area contributed by atoms with Crippen molar-refractivity contribution in [1.82, 2.24) is 15.1 Å². The van der Waals surface area contributed by atoms with Gasteiger partial charge in [0.15, 0.2) is 0 Å². The van der Waals surface area contributed by atoms with Crippen LogP contribution in [-0.2, 0) is 47.8 Å². The van der Waals surface area contributed by atoms with Crippen molar-refractivity contribution in [3.8, 4) is 0 Å². The number of unbranched alkanes of at least 4 members (excludes halogenated alkanes) is 6. The molecule has 0 bridgehead atoms. The molecule has 3 N–H and O–H groups in total. The first-order valence-electron chi connectivity index (χ1n) is 28.3. The van der Waals surface area contributed by atoms with Gasteiger partial charge in [-0.25, -0.2) is 0 Å². The molecule has 6 atom stereocenters. The molecular formula is C65H95N3O12. The average Bonchev–Trinajstić information content (AvgIpc) is 3.93. The predicted octanol–water partition coefficient (Wildman–Crippen LogP) is 12.1. The van der Waals surface area contributed by atoms with E-state index in [1.165, 1.54) is 0 Å². The van der Waals surface area contributed by atoms with Gasteiger partial charge in [0.25, 0.3) is 0 Å². The van der Waals surface area contributed by atoms with Crippen LogP contribution >= 0.6 is 0 Å². The van der Waals surface area contributed by atoms with E-state index in [1.54, 1.807) is 34.1 Å². The largest absolute Gasteiger partial charge is 0.481 e. The number of carbonyl (C=O) groups is 8. The summed E-state index contributed by atoms with van der Waals surface area (Å²) < 4.78 is 9.12. The van der Waals surface area contributed by atoms with Gasteiger partial charge in [-0.2, -0.15) is 0 Å². The smallest absolute Gasteiger partial charge is 0.317 e. The molecule has 0 spiro atoms. The first-order chi connectivity index (χ1) is 38.5. The number of hydrogen-bond donors (Lipinski definition) is 3. The summed E-state index contributed by atoms with van der Waals surface area (Å²) in [5, 5.41) is 21.7. The molecule has 2 amide bonds. The van der Waals surface area contributed by atoms with Crippen molar-refractivity contribution in [3.63, 3.8) is 0 Å². The van der Waals surface area contributed by atoms with Gasteiger partial charge in [-0.05, 0) is 121 Å². The summed E-state index contributed by atoms with van der Waals surface area (Å²) in [4.78, 5) is 96.7. The molecule has 0 aromatic carbocycles. The Hall–Kier alpha value is -7.00. The van der Waals surface area contributed by atoms with Crippen LogP contribution < -0.4 is 5.32 Å². The summed E-state index contributed by atoms with van der Waals surface area (Å²) in [5.74, 6) is -5.53. The summed E-state index contributed by atoms with van der Waals surface area (Å²) in [5.41, 5.74) is 0. The third-order valence-electron chi connectivity index (χ3n) is 13.0. The second kappa shape index (κ2) is 48.0. The number of esters is 4. The van der Waals surface area contributed by atoms with E-state index in [2.05, 4.69) is 104 Å². The Morgan fingerprint density at radius 1 is 0.500 bits per heavy atom. The zero-order chi connectivity index (χ0) is 59.8. The third kappa shape index (κ3) is 36.2. The third-order valence-corrected chi connectivity index (χ3v) is 13.0. The van der Waals surface area contributed by atoms with Crippen LogP contribution in [0.1, 0.15) is 135 Å². The van der Waals surface area contributed by atoms with Gasteiger partial charge in [0.1, 0.15) is 0 Å². The molecule has 0 saturated carbocycles. The van der Waals surface area contributed by atoms with Gasteiger partial charge >= 0.3 is 35.8 Å². The second-order valence-corrected chi connectivity index (χ2v) is 19.7. The number of nitrogens with zero attached hydrogens (tertiary/aromatic N) is 2. The maximum absolute atomic E-state index is 13.0. The number of ether oxygens (including phenoxy) is 2. The maximum Gasteiger partial charge on any atom is 0.317 e. The highest BCUT2D eigenvalue weighted by Gasteiger charge is 2.35. The van der Waals surface area contributed by atoms with E-state index in [9.17, 15) is 48.6 Å². The van der Waals surface area contributed by atoms with Gasteiger partial charge in [-0.3, -0.25) is 38.4 Å². The SMILES string of the molecule is C=CC(CCC/C=C\CCC/C=C/CC1CC(=O)OC1=O)CC1CC(=O)OC1=O.C=CCN(CC=C)C(=O)C(CC/C=C/CCC/C=C\CCCC(C=C)CC(CC(=O)O)C(=O)N(CC=C)CC=C)CC(=O)O.C=CCNCC=C. The van der Waals surface area contributed by atoms with Crippen molar-refractivity contribution >= 4 is 47.6 Å². The molecule has 2 rings (SSSR count). The molecule has 0 aromatic rings. The molecule has 0 radical (unpaired) electrons. The number of allylic oxidation sites excluding steroid dienone is 10. The molecule has 2 saturated heterocycles. The number of hydrogen-bond acceptors (Lipinski definition) is 11. The highest BCUT2D eigenvalue weighted by atomic mass is 16.6. The van der Waals surface area contributed by atoms with E-state index in [0.717, 1.165) is 90.1 Å². The zero-order valence-corrected chi connectivity index (χ0v) is 47.8. The fourth-order valence-electron chi connectivity index (χ4n) is 8.83. The molecular weight excluding hydrogens is 1010 g/mol. The molecule has 442 valence electrons. The fraction of sp³-hybridized carbons (Fsp3) is 0.508. The first-order valence-corrected chi connectivity index (χ1v) is 28.3. The molecule has 2 aliphatic heterocycles. The van der Waals surface area contributed by atoms with E-state index in [-0.39, 0.29) is 61.2 Å². The zero-order valence-electron chi connectivity index (χ0n) is 47.8. The van der Waals surface area contributed by atoms with Crippen LogP contribution in [0.2, 0.25) is 0 Å². The van der Waals surface area contributed by atoms with Crippen LogP contribution in [0.15, 0.2) is 150 Å². The number of rotatable bonds is 45. The Morgan fingerprint density at radius 2 is 0.887 bits per heavy atom. The van der Waals surface area contributed by atoms with Gasteiger partial charge in [-0.15, -0.1) is 52.6 Å². The van der Waals surface area contributed by atoms with Crippen LogP contribution in [0.25, 0.3) is 0 Å². The molecule has 15 nitrogen and oxygen atoms in total. The summed E-state index contributed by atoms with van der Waals surface area (Å²) in [6.07, 6.45) is 44.7. The van der Waals surface area contributed by atoms with Crippen molar-refractivity contribution < 1.29 is 58.0 Å². The number of amides is 2. The maximum atomic E-state index is 13.0. The lowest BCUT2D eigenvalue weighted by Crippen LogP contribution is -2.38. The minimum atomic E-state index is -0.992. The molecule has 2 fully saturated rings. The van der Waals surface area contributed by atoms with Gasteiger partial charge in [-0.1, -0.05) is 97.2 Å². The van der Waals surface area contributed by atoms with Crippen molar-refractivity contribution in [2.75, 3.05) is 39.3 Å². The highest BCUT2D eigenvalue weighted by Crippen LogP contribution is 2.28. The number of cyclic esters (lactones) is 4. The van der Waals surface area contributed by atoms with Crippen molar-refractivity contribution in [1.29, 1.82) is 0 Å². The van der Waals surface area contributed by atoms with Crippen LogP contribution in [0, 0.1) is 35.5 Å². The van der Waals surface area contributed by atoms with E-state index in [4.69, 9.17) is 0 Å². The molecule has 80 heavy (non-hydrogen) atoms. The van der Waals surface area contributed by atoms with Crippen molar-refractivity contribution in [3.05, 3.63) is 150 Å². The number of nitrogens with one attached hydrogen (secondary N) is 1. The van der Waals surface area contributed by atoms with E-state index >= 15 is 0 Å². The lowest BCUT2D eigenvalue weighted by Gasteiger charge is -2.26. The Labute approximate surface area is 478 Å². The van der Waals surface area contributed by atoms with Crippen LogP contribution in [0.3, 0.4) is 0 Å². The Bertz CT molecular complexity index is 2070. The summed E-state index contributed by atoms with van der Waals surface area (Å²) in [6, 6.07) is 0. The summed E-state index contributed by atoms with van der Waals surface area (Å²) >= 11 is 0. The minimum absolute atomic E-state index is 0.0496. The van der Waals surface area contributed by atoms with Crippen molar-refractivity contribution in [2.45, 2.75) is 135 Å². The van der Waals surface area contributed by atoms with Crippen LogP contribution in [-0.4, -0.2) is 107 Å². The normalized spacial score (nSPS) is 16.3. The molecule has 2 heterocycles. The molecule has 6 unspecified atom stereocenters.